The van der Waals surface area contributed by atoms with Crippen LogP contribution in [0.15, 0.2) is 29.2 Å². The van der Waals surface area contributed by atoms with E-state index < -0.39 is 5.60 Å². The van der Waals surface area contributed by atoms with Crippen LogP contribution in [0.25, 0.3) is 0 Å². The van der Waals surface area contributed by atoms with Gasteiger partial charge in [0.25, 0.3) is 5.91 Å². The Bertz CT molecular complexity index is 486. The number of carbonyl (C=O) groups excluding carboxylic acids is 1. The van der Waals surface area contributed by atoms with E-state index >= 15 is 0 Å². The van der Waals surface area contributed by atoms with Gasteiger partial charge in [0.2, 0.25) is 0 Å². The summed E-state index contributed by atoms with van der Waals surface area (Å²) in [6.45, 7) is 4.81. The molecule has 2 N–H and O–H groups in total. The van der Waals surface area contributed by atoms with Crippen molar-refractivity contribution in [2.45, 2.75) is 50.0 Å². The summed E-state index contributed by atoms with van der Waals surface area (Å²) < 4.78 is 0. The van der Waals surface area contributed by atoms with Gasteiger partial charge < -0.3 is 10.4 Å². The molecular weight excluding hydrogens is 282 g/mol. The van der Waals surface area contributed by atoms with Gasteiger partial charge in [0.1, 0.15) is 0 Å². The van der Waals surface area contributed by atoms with Crippen molar-refractivity contribution in [1.29, 1.82) is 0 Å². The van der Waals surface area contributed by atoms with Crippen LogP contribution in [0.5, 0.6) is 0 Å². The number of rotatable bonds is 4. The van der Waals surface area contributed by atoms with Crippen molar-refractivity contribution in [2.75, 3.05) is 12.8 Å². The molecule has 116 valence electrons. The summed E-state index contributed by atoms with van der Waals surface area (Å²) >= 11 is 1.65. The first-order valence-electron chi connectivity index (χ1n) is 7.48. The molecule has 3 nitrogen and oxygen atoms in total. The number of hydrogen-bond donors (Lipinski definition) is 2. The SMILES string of the molecule is CSc1ccc(C(=O)NCC2(O)CCC(C)(C)CC2)cc1. The highest BCUT2D eigenvalue weighted by Gasteiger charge is 2.36. The maximum absolute atomic E-state index is 12.1. The van der Waals surface area contributed by atoms with Crippen molar-refractivity contribution in [2.24, 2.45) is 5.41 Å². The summed E-state index contributed by atoms with van der Waals surface area (Å²) in [5.41, 5.74) is 0.210. The van der Waals surface area contributed by atoms with Crippen molar-refractivity contribution < 1.29 is 9.90 Å². The summed E-state index contributed by atoms with van der Waals surface area (Å²) in [6.07, 6.45) is 5.52. The van der Waals surface area contributed by atoms with Gasteiger partial charge in [0.05, 0.1) is 5.60 Å². The van der Waals surface area contributed by atoms with Crippen LogP contribution in [0.4, 0.5) is 0 Å². The van der Waals surface area contributed by atoms with Crippen molar-refractivity contribution in [3.8, 4) is 0 Å². The van der Waals surface area contributed by atoms with Gasteiger partial charge in [-0.1, -0.05) is 13.8 Å². The average Bonchev–Trinajstić information content (AvgIpc) is 2.49. The standard InChI is InChI=1S/C17H25NO2S/c1-16(2)8-10-17(20,11-9-16)12-18-15(19)13-4-6-14(21-3)7-5-13/h4-7,20H,8-12H2,1-3H3,(H,18,19). The molecule has 0 bridgehead atoms. The minimum Gasteiger partial charge on any atom is -0.388 e. The molecule has 1 aliphatic rings. The number of carbonyl (C=O) groups is 1. The van der Waals surface area contributed by atoms with E-state index in [2.05, 4.69) is 19.2 Å². The molecule has 1 amide bonds. The number of benzene rings is 1. The van der Waals surface area contributed by atoms with Crippen LogP contribution in [-0.4, -0.2) is 29.4 Å². The molecule has 1 aromatic rings. The first-order valence-corrected chi connectivity index (χ1v) is 8.71. The van der Waals surface area contributed by atoms with E-state index in [4.69, 9.17) is 0 Å². The van der Waals surface area contributed by atoms with E-state index in [-0.39, 0.29) is 5.91 Å². The highest BCUT2D eigenvalue weighted by Crippen LogP contribution is 2.39. The molecule has 0 aromatic heterocycles. The molecule has 1 fully saturated rings. The first kappa shape index (κ1) is 16.4. The lowest BCUT2D eigenvalue weighted by Gasteiger charge is -2.40. The highest BCUT2D eigenvalue weighted by molar-refractivity contribution is 7.98. The lowest BCUT2D eigenvalue weighted by Crippen LogP contribution is -2.46. The van der Waals surface area contributed by atoms with Crippen LogP contribution >= 0.6 is 11.8 Å². The van der Waals surface area contributed by atoms with E-state index in [1.807, 2.05) is 30.5 Å². The molecule has 0 aliphatic heterocycles. The van der Waals surface area contributed by atoms with E-state index in [0.29, 0.717) is 17.5 Å². The highest BCUT2D eigenvalue weighted by atomic mass is 32.2. The van der Waals surface area contributed by atoms with Gasteiger partial charge in [-0.2, -0.15) is 0 Å². The van der Waals surface area contributed by atoms with Crippen LogP contribution in [-0.2, 0) is 0 Å². The predicted octanol–water partition coefficient (Wildman–Crippen LogP) is 3.47. The third-order valence-electron chi connectivity index (χ3n) is 4.46. The zero-order valence-corrected chi connectivity index (χ0v) is 13.9. The number of aliphatic hydroxyl groups is 1. The van der Waals surface area contributed by atoms with Crippen LogP contribution in [0.3, 0.4) is 0 Å². The Balaban J connectivity index is 1.88. The normalized spacial score (nSPS) is 20.0. The summed E-state index contributed by atoms with van der Waals surface area (Å²) in [7, 11) is 0. The summed E-state index contributed by atoms with van der Waals surface area (Å²) in [4.78, 5) is 13.3. The molecule has 2 rings (SSSR count). The van der Waals surface area contributed by atoms with Crippen LogP contribution < -0.4 is 5.32 Å². The predicted molar refractivity (Wildman–Crippen MR) is 87.8 cm³/mol. The fraction of sp³-hybridized carbons (Fsp3) is 0.588. The molecule has 0 unspecified atom stereocenters. The Hall–Kier alpha value is -1.00. The van der Waals surface area contributed by atoms with Gasteiger partial charge in [-0.3, -0.25) is 4.79 Å². The van der Waals surface area contributed by atoms with Crippen molar-refractivity contribution in [3.63, 3.8) is 0 Å². The second-order valence-corrected chi connectivity index (χ2v) is 7.68. The minimum absolute atomic E-state index is 0.110. The van der Waals surface area contributed by atoms with E-state index in [1.54, 1.807) is 11.8 Å². The zero-order chi connectivity index (χ0) is 15.5. The monoisotopic (exact) mass is 307 g/mol. The third kappa shape index (κ3) is 4.48. The van der Waals surface area contributed by atoms with Crippen LogP contribution in [0.1, 0.15) is 49.9 Å². The second-order valence-electron chi connectivity index (χ2n) is 6.80. The van der Waals surface area contributed by atoms with Gasteiger partial charge in [-0.25, -0.2) is 0 Å². The Morgan fingerprint density at radius 3 is 2.29 bits per heavy atom. The number of thioether (sulfide) groups is 1. The maximum atomic E-state index is 12.1. The second kappa shape index (κ2) is 6.41. The van der Waals surface area contributed by atoms with Crippen molar-refractivity contribution in [1.82, 2.24) is 5.32 Å². The minimum atomic E-state index is -0.746. The van der Waals surface area contributed by atoms with Crippen LogP contribution in [0, 0.1) is 5.41 Å². The topological polar surface area (TPSA) is 49.3 Å². The molecule has 21 heavy (non-hydrogen) atoms. The fourth-order valence-electron chi connectivity index (χ4n) is 2.66. The Morgan fingerprint density at radius 1 is 1.19 bits per heavy atom. The third-order valence-corrected chi connectivity index (χ3v) is 5.21. The molecule has 4 heteroatoms. The number of amides is 1. The van der Waals surface area contributed by atoms with Gasteiger partial charge in [0, 0.05) is 17.0 Å². The van der Waals surface area contributed by atoms with Gasteiger partial charge in [-0.05, 0) is 61.6 Å². The van der Waals surface area contributed by atoms with Gasteiger partial charge >= 0.3 is 0 Å². The summed E-state index contributed by atoms with van der Waals surface area (Å²) in [5.74, 6) is -0.110. The fourth-order valence-corrected chi connectivity index (χ4v) is 3.07. The van der Waals surface area contributed by atoms with Crippen LogP contribution in [0.2, 0.25) is 0 Å². The van der Waals surface area contributed by atoms with Gasteiger partial charge in [0.15, 0.2) is 0 Å². The quantitative estimate of drug-likeness (QED) is 0.837. The van der Waals surface area contributed by atoms with Crippen molar-refractivity contribution in [3.05, 3.63) is 29.8 Å². The molecule has 1 saturated carbocycles. The van der Waals surface area contributed by atoms with E-state index in [9.17, 15) is 9.90 Å². The molecule has 0 spiro atoms. The Morgan fingerprint density at radius 2 is 1.76 bits per heavy atom. The largest absolute Gasteiger partial charge is 0.388 e. The molecule has 0 heterocycles. The number of nitrogens with one attached hydrogen (secondary N) is 1. The molecule has 0 radical (unpaired) electrons. The van der Waals surface area contributed by atoms with Crippen molar-refractivity contribution >= 4 is 17.7 Å². The average molecular weight is 307 g/mol. The van der Waals surface area contributed by atoms with E-state index in [0.717, 1.165) is 30.6 Å². The molecule has 1 aliphatic carbocycles. The smallest absolute Gasteiger partial charge is 0.251 e. The molecular formula is C17H25NO2S. The Labute approximate surface area is 131 Å². The Kier molecular flexibility index (Phi) is 4.99. The maximum Gasteiger partial charge on any atom is 0.251 e. The lowest BCUT2D eigenvalue weighted by atomic mass is 9.71. The number of hydrogen-bond acceptors (Lipinski definition) is 3. The van der Waals surface area contributed by atoms with Gasteiger partial charge in [-0.15, -0.1) is 11.8 Å². The lowest BCUT2D eigenvalue weighted by molar-refractivity contribution is -0.0233. The first-order chi connectivity index (χ1) is 9.84. The summed E-state index contributed by atoms with van der Waals surface area (Å²) in [6, 6.07) is 7.54. The molecule has 0 atom stereocenters. The summed E-state index contributed by atoms with van der Waals surface area (Å²) in [5, 5.41) is 13.4. The zero-order valence-electron chi connectivity index (χ0n) is 13.1. The molecule has 1 aromatic carbocycles. The molecule has 0 saturated heterocycles. The van der Waals surface area contributed by atoms with E-state index in [1.165, 1.54) is 0 Å².